The highest BCUT2D eigenvalue weighted by Crippen LogP contribution is 2.37. The van der Waals surface area contributed by atoms with Gasteiger partial charge in [0, 0.05) is 54.6 Å². The Bertz CT molecular complexity index is 1860. The van der Waals surface area contributed by atoms with Crippen molar-refractivity contribution in [3.05, 3.63) is 86.4 Å². The zero-order valence-corrected chi connectivity index (χ0v) is 31.4. The number of anilines is 1. The number of ether oxygens (including phenoxy) is 7. The first kappa shape index (κ1) is 35.9. The first-order chi connectivity index (χ1) is 23.8. The minimum atomic E-state index is 0.330. The predicted molar refractivity (Wildman–Crippen MR) is 198 cm³/mol. The molecule has 0 radical (unpaired) electrons. The second kappa shape index (κ2) is 16.3. The minimum Gasteiger partial charge on any atom is -0.497 e. The van der Waals surface area contributed by atoms with E-state index in [0.29, 0.717) is 55.8 Å². The fourth-order valence-electron chi connectivity index (χ4n) is 5.74. The topological polar surface area (TPSA) is 98.6 Å². The van der Waals surface area contributed by atoms with E-state index in [1.807, 2.05) is 68.4 Å². The van der Waals surface area contributed by atoms with Gasteiger partial charge in [0.05, 0.1) is 64.0 Å². The van der Waals surface area contributed by atoms with Gasteiger partial charge in [-0.2, -0.15) is 0 Å². The number of halogens is 1. The summed E-state index contributed by atoms with van der Waals surface area (Å²) < 4.78 is 43.0. The number of hydrogen-bond acceptors (Lipinski definition) is 10. The van der Waals surface area contributed by atoms with E-state index in [2.05, 4.69) is 32.1 Å². The quantitative estimate of drug-likeness (QED) is 0.0958. The van der Waals surface area contributed by atoms with Crippen LogP contribution in [0.5, 0.6) is 34.5 Å². The van der Waals surface area contributed by atoms with E-state index in [1.54, 1.807) is 42.7 Å². The zero-order valence-electron chi connectivity index (χ0n) is 29.3. The number of aryl methyl sites for hydroxylation is 1. The Morgan fingerprint density at radius 3 is 1.63 bits per heavy atom. The number of rotatable bonds is 16. The maximum absolute atomic E-state index is 5.96. The lowest BCUT2D eigenvalue weighted by Crippen LogP contribution is -2.25. The molecule has 49 heavy (non-hydrogen) atoms. The van der Waals surface area contributed by atoms with Crippen LogP contribution in [0.1, 0.15) is 35.1 Å². The minimum absolute atomic E-state index is 0.330. The average Bonchev–Trinajstić information content (AvgIpc) is 3.49. The van der Waals surface area contributed by atoms with Crippen molar-refractivity contribution in [3.63, 3.8) is 0 Å². The molecule has 2 heterocycles. The van der Waals surface area contributed by atoms with Gasteiger partial charge in [0.25, 0.3) is 0 Å². The lowest BCUT2D eigenvalue weighted by atomic mass is 10.1. The van der Waals surface area contributed by atoms with Gasteiger partial charge in [-0.05, 0) is 72.8 Å². The lowest BCUT2D eigenvalue weighted by molar-refractivity contribution is 0.126. The van der Waals surface area contributed by atoms with Gasteiger partial charge in [-0.3, -0.25) is 0 Å². The second-order valence-electron chi connectivity index (χ2n) is 11.2. The van der Waals surface area contributed by atoms with Gasteiger partial charge in [-0.15, -0.1) is 0 Å². The summed E-state index contributed by atoms with van der Waals surface area (Å²) >= 11 is 2.38. The summed E-state index contributed by atoms with van der Waals surface area (Å²) in [6.07, 6.45) is 0. The molecular formula is C37H43IN4O7. The summed E-state index contributed by atoms with van der Waals surface area (Å²) in [5.74, 6) is 5.79. The molecule has 0 N–H and O–H groups in total. The highest BCUT2D eigenvalue weighted by atomic mass is 127. The van der Waals surface area contributed by atoms with E-state index in [4.69, 9.17) is 43.1 Å². The van der Waals surface area contributed by atoms with Crippen LogP contribution in [0.4, 0.5) is 5.82 Å². The lowest BCUT2D eigenvalue weighted by Gasteiger charge is -2.27. The van der Waals surface area contributed by atoms with Crippen LogP contribution >= 0.6 is 22.6 Å². The Morgan fingerprint density at radius 1 is 0.673 bits per heavy atom. The van der Waals surface area contributed by atoms with E-state index in [1.165, 1.54) is 0 Å². The molecule has 0 fully saturated rings. The number of hydrogen-bond donors (Lipinski definition) is 0. The summed E-state index contributed by atoms with van der Waals surface area (Å²) in [7, 11) is 9.92. The number of imidazole rings is 1. The molecule has 5 aromatic rings. The molecule has 0 amide bonds. The number of nitrogens with zero attached hydrogens (tertiary/aromatic N) is 4. The van der Waals surface area contributed by atoms with Crippen LogP contribution in [-0.4, -0.2) is 63.8 Å². The molecular weight excluding hydrogens is 739 g/mol. The smallest absolute Gasteiger partial charge is 0.157 e. The summed E-state index contributed by atoms with van der Waals surface area (Å²) in [6, 6.07) is 17.5. The SMILES string of the molecule is CCOCc1nc2c(N(Cc3ccc(OC)cc3OC)Cc3ccc(OC)cc3OC)nc(C)c(I)c2n1Cc1ccc(OC)cc1OC. The summed E-state index contributed by atoms with van der Waals surface area (Å²) in [5.41, 5.74) is 5.50. The van der Waals surface area contributed by atoms with Crippen LogP contribution in [0.2, 0.25) is 0 Å². The first-order valence-corrected chi connectivity index (χ1v) is 16.9. The summed E-state index contributed by atoms with van der Waals surface area (Å²) in [6.45, 7) is 6.32. The van der Waals surface area contributed by atoms with E-state index in [0.717, 1.165) is 60.1 Å². The average molecular weight is 783 g/mol. The van der Waals surface area contributed by atoms with E-state index < -0.39 is 0 Å². The van der Waals surface area contributed by atoms with E-state index >= 15 is 0 Å². The fraction of sp³-hybridized carbons (Fsp3) is 0.351. The largest absolute Gasteiger partial charge is 0.497 e. The van der Waals surface area contributed by atoms with Gasteiger partial charge in [-0.25, -0.2) is 9.97 Å². The van der Waals surface area contributed by atoms with Gasteiger partial charge in [0.1, 0.15) is 52.4 Å². The predicted octanol–water partition coefficient (Wildman–Crippen LogP) is 7.19. The van der Waals surface area contributed by atoms with Crippen molar-refractivity contribution < 1.29 is 33.2 Å². The van der Waals surface area contributed by atoms with Crippen molar-refractivity contribution in [2.75, 3.05) is 54.2 Å². The first-order valence-electron chi connectivity index (χ1n) is 15.8. The van der Waals surface area contributed by atoms with Gasteiger partial charge in [0.2, 0.25) is 0 Å². The number of benzene rings is 3. The molecule has 11 nitrogen and oxygen atoms in total. The number of fused-ring (bicyclic) bond motifs is 1. The molecule has 5 rings (SSSR count). The van der Waals surface area contributed by atoms with Crippen LogP contribution in [-0.2, 0) is 31.0 Å². The number of aromatic nitrogens is 3. The van der Waals surface area contributed by atoms with Gasteiger partial charge >= 0.3 is 0 Å². The molecule has 260 valence electrons. The molecule has 0 aliphatic heterocycles. The van der Waals surface area contributed by atoms with Crippen molar-refractivity contribution in [1.29, 1.82) is 0 Å². The monoisotopic (exact) mass is 782 g/mol. The second-order valence-corrected chi connectivity index (χ2v) is 12.3. The molecule has 3 aromatic carbocycles. The molecule has 2 aromatic heterocycles. The van der Waals surface area contributed by atoms with Crippen molar-refractivity contribution in [3.8, 4) is 34.5 Å². The molecule has 0 bridgehead atoms. The normalized spacial score (nSPS) is 11.0. The molecule has 0 spiro atoms. The van der Waals surface area contributed by atoms with Gasteiger partial charge in [-0.1, -0.05) is 0 Å². The molecule has 0 unspecified atom stereocenters. The number of pyridine rings is 1. The maximum atomic E-state index is 5.96. The van der Waals surface area contributed by atoms with Crippen molar-refractivity contribution in [1.82, 2.24) is 14.5 Å². The Labute approximate surface area is 301 Å². The van der Waals surface area contributed by atoms with Crippen LogP contribution in [0.15, 0.2) is 54.6 Å². The van der Waals surface area contributed by atoms with Gasteiger partial charge < -0.3 is 42.6 Å². The highest BCUT2D eigenvalue weighted by molar-refractivity contribution is 14.1. The maximum Gasteiger partial charge on any atom is 0.157 e. The van der Waals surface area contributed by atoms with Crippen molar-refractivity contribution in [2.45, 2.75) is 40.1 Å². The third-order valence-electron chi connectivity index (χ3n) is 8.33. The third-order valence-corrected chi connectivity index (χ3v) is 9.62. The van der Waals surface area contributed by atoms with Crippen molar-refractivity contribution >= 4 is 39.4 Å². The molecule has 0 saturated heterocycles. The van der Waals surface area contributed by atoms with Crippen LogP contribution in [0.3, 0.4) is 0 Å². The van der Waals surface area contributed by atoms with E-state index in [9.17, 15) is 0 Å². The molecule has 12 heteroatoms. The molecule has 0 saturated carbocycles. The number of methoxy groups -OCH3 is 6. The van der Waals surface area contributed by atoms with E-state index in [-0.39, 0.29) is 0 Å². The Balaban J connectivity index is 1.72. The molecule has 0 aliphatic rings. The highest BCUT2D eigenvalue weighted by Gasteiger charge is 2.26. The Hall–Kier alpha value is -4.43. The fourth-order valence-corrected chi connectivity index (χ4v) is 6.41. The Kier molecular flexibility index (Phi) is 11.9. The third kappa shape index (κ3) is 7.75. The van der Waals surface area contributed by atoms with Gasteiger partial charge in [0.15, 0.2) is 5.82 Å². The summed E-state index contributed by atoms with van der Waals surface area (Å²) in [5, 5.41) is 0. The molecule has 0 aliphatic carbocycles. The standard InChI is InChI=1S/C37H43IN4O7/c1-9-49-22-33-40-35-36(42(33)21-26-12-15-29(45-5)18-32(26)48-8)34(38)23(2)39-37(35)41(19-24-10-13-27(43-3)16-30(24)46-6)20-25-11-14-28(44-4)17-31(25)47-7/h10-18H,9,19-22H2,1-8H3. The zero-order chi connectivity index (χ0) is 35.1. The van der Waals surface area contributed by atoms with Crippen LogP contribution in [0.25, 0.3) is 11.0 Å². The van der Waals surface area contributed by atoms with Crippen LogP contribution in [0, 0.1) is 10.5 Å². The molecule has 0 atom stereocenters. The van der Waals surface area contributed by atoms with Crippen LogP contribution < -0.4 is 33.3 Å². The van der Waals surface area contributed by atoms with Crippen molar-refractivity contribution in [2.24, 2.45) is 0 Å². The Morgan fingerprint density at radius 2 is 1.16 bits per heavy atom. The summed E-state index contributed by atoms with van der Waals surface area (Å²) in [4.78, 5) is 12.6.